The van der Waals surface area contributed by atoms with Gasteiger partial charge in [-0.15, -0.1) is 0 Å². The number of halogens is 1. The average Bonchev–Trinajstić information content (AvgIpc) is 3.36. The second-order valence-corrected chi connectivity index (χ2v) is 9.12. The fraction of sp³-hybridized carbons (Fsp3) is 0.462. The van der Waals surface area contributed by atoms with Gasteiger partial charge in [0.05, 0.1) is 11.8 Å². The molecule has 1 aliphatic carbocycles. The smallest absolute Gasteiger partial charge is 0.233 e. The summed E-state index contributed by atoms with van der Waals surface area (Å²) in [6.45, 7) is 3.15. The number of ether oxygens (including phenoxy) is 2. The number of hydrogen-bond donors (Lipinski definition) is 0. The average molecular weight is 453 g/mol. The number of rotatable bonds is 4. The van der Waals surface area contributed by atoms with Crippen LogP contribution < -0.4 is 9.47 Å². The molecule has 0 atom stereocenters. The molecule has 0 bridgehead atoms. The third-order valence-corrected chi connectivity index (χ3v) is 7.15. The number of hydrogen-bond acceptors (Lipinski definition) is 4. The lowest BCUT2D eigenvalue weighted by Gasteiger charge is -2.40. The molecule has 7 heteroatoms. The van der Waals surface area contributed by atoms with E-state index in [1.165, 1.54) is 12.1 Å². The second-order valence-electron chi connectivity index (χ2n) is 9.12. The monoisotopic (exact) mass is 452 g/mol. The maximum absolute atomic E-state index is 13.8. The van der Waals surface area contributed by atoms with Gasteiger partial charge in [-0.3, -0.25) is 9.59 Å². The molecule has 174 valence electrons. The van der Waals surface area contributed by atoms with Crippen LogP contribution in [-0.4, -0.2) is 61.0 Å². The van der Waals surface area contributed by atoms with E-state index in [9.17, 15) is 14.0 Å². The molecule has 0 radical (unpaired) electrons. The van der Waals surface area contributed by atoms with E-state index in [-0.39, 0.29) is 24.1 Å². The maximum atomic E-state index is 13.8. The third kappa shape index (κ3) is 4.28. The zero-order chi connectivity index (χ0) is 22.8. The number of piperazine rings is 1. The molecule has 0 spiro atoms. The van der Waals surface area contributed by atoms with Crippen LogP contribution in [0.1, 0.15) is 36.8 Å². The van der Waals surface area contributed by atoms with Crippen LogP contribution in [0.5, 0.6) is 11.5 Å². The zero-order valence-electron chi connectivity index (χ0n) is 18.7. The van der Waals surface area contributed by atoms with Gasteiger partial charge >= 0.3 is 0 Å². The van der Waals surface area contributed by atoms with Crippen molar-refractivity contribution in [3.63, 3.8) is 0 Å². The molecule has 2 amide bonds. The summed E-state index contributed by atoms with van der Waals surface area (Å²) in [5.74, 6) is 1.31. The van der Waals surface area contributed by atoms with Crippen molar-refractivity contribution >= 4 is 11.8 Å². The highest BCUT2D eigenvalue weighted by atomic mass is 19.1. The van der Waals surface area contributed by atoms with Crippen LogP contribution in [-0.2, 0) is 21.4 Å². The van der Waals surface area contributed by atoms with Crippen LogP contribution in [0, 0.1) is 5.82 Å². The maximum Gasteiger partial charge on any atom is 0.233 e. The molecular formula is C26H29FN2O4. The van der Waals surface area contributed by atoms with Crippen molar-refractivity contribution in [3.8, 4) is 11.5 Å². The molecule has 2 aliphatic heterocycles. The molecule has 2 aromatic rings. The summed E-state index contributed by atoms with van der Waals surface area (Å²) in [6.07, 6.45) is 3.95. The Balaban J connectivity index is 1.26. The van der Waals surface area contributed by atoms with E-state index in [0.717, 1.165) is 42.6 Å². The number of carbonyl (C=O) groups is 2. The zero-order valence-corrected chi connectivity index (χ0v) is 18.7. The summed E-state index contributed by atoms with van der Waals surface area (Å²) in [5, 5.41) is 0. The first-order chi connectivity index (χ1) is 16.0. The van der Waals surface area contributed by atoms with E-state index in [4.69, 9.17) is 9.47 Å². The highest BCUT2D eigenvalue weighted by Gasteiger charge is 2.46. The van der Waals surface area contributed by atoms with Crippen LogP contribution in [0.25, 0.3) is 0 Å². The van der Waals surface area contributed by atoms with Gasteiger partial charge in [-0.2, -0.15) is 0 Å². The topological polar surface area (TPSA) is 59.1 Å². The minimum Gasteiger partial charge on any atom is -0.486 e. The number of amides is 2. The molecule has 3 aliphatic rings. The Morgan fingerprint density at radius 3 is 2.18 bits per heavy atom. The molecule has 2 aromatic carbocycles. The highest BCUT2D eigenvalue weighted by molar-refractivity contribution is 5.89. The quantitative estimate of drug-likeness (QED) is 0.714. The van der Waals surface area contributed by atoms with E-state index in [1.54, 1.807) is 17.0 Å². The molecule has 5 rings (SSSR count). The minimum absolute atomic E-state index is 0.0103. The summed E-state index contributed by atoms with van der Waals surface area (Å²) in [4.78, 5) is 30.2. The highest BCUT2D eigenvalue weighted by Crippen LogP contribution is 2.45. The summed E-state index contributed by atoms with van der Waals surface area (Å²) < 4.78 is 24.5. The summed E-state index contributed by atoms with van der Waals surface area (Å²) in [5.41, 5.74) is 1.27. The van der Waals surface area contributed by atoms with Gasteiger partial charge in [-0.1, -0.05) is 31.0 Å². The Hall–Kier alpha value is -3.09. The molecule has 2 fully saturated rings. The molecule has 1 saturated carbocycles. The van der Waals surface area contributed by atoms with Gasteiger partial charge in [0.1, 0.15) is 19.0 Å². The van der Waals surface area contributed by atoms with Gasteiger partial charge in [-0.05, 0) is 48.2 Å². The molecule has 0 N–H and O–H groups in total. The van der Waals surface area contributed by atoms with Crippen molar-refractivity contribution in [1.29, 1.82) is 0 Å². The first-order valence-electron chi connectivity index (χ1n) is 11.8. The number of benzene rings is 2. The number of fused-ring (bicyclic) bond motifs is 1. The van der Waals surface area contributed by atoms with Gasteiger partial charge in [-0.25, -0.2) is 4.39 Å². The largest absolute Gasteiger partial charge is 0.486 e. The summed E-state index contributed by atoms with van der Waals surface area (Å²) in [7, 11) is 0. The van der Waals surface area contributed by atoms with E-state index in [1.807, 2.05) is 23.1 Å². The lowest BCUT2D eigenvalue weighted by molar-refractivity contribution is -0.143. The van der Waals surface area contributed by atoms with Gasteiger partial charge in [0, 0.05) is 26.2 Å². The van der Waals surface area contributed by atoms with Crippen molar-refractivity contribution in [2.24, 2.45) is 0 Å². The lowest BCUT2D eigenvalue weighted by Crippen LogP contribution is -2.55. The Morgan fingerprint density at radius 2 is 1.48 bits per heavy atom. The lowest BCUT2D eigenvalue weighted by atomic mass is 9.77. The van der Waals surface area contributed by atoms with Crippen molar-refractivity contribution < 1.29 is 23.5 Å². The van der Waals surface area contributed by atoms with Gasteiger partial charge in [0.2, 0.25) is 11.8 Å². The van der Waals surface area contributed by atoms with E-state index >= 15 is 0 Å². The Labute approximate surface area is 193 Å². The molecule has 0 aromatic heterocycles. The van der Waals surface area contributed by atoms with E-state index < -0.39 is 5.41 Å². The fourth-order valence-electron chi connectivity index (χ4n) is 5.30. The minimum atomic E-state index is -0.532. The second kappa shape index (κ2) is 9.04. The van der Waals surface area contributed by atoms with Crippen LogP contribution >= 0.6 is 0 Å². The fourth-order valence-corrected chi connectivity index (χ4v) is 5.30. The van der Waals surface area contributed by atoms with E-state index in [2.05, 4.69) is 0 Å². The SMILES string of the molecule is O=C(Cc1ccc(F)cc1)N1CCN(C(=O)C2(c3ccc4c(c3)OCCO4)CCCC2)CC1. The van der Waals surface area contributed by atoms with Crippen LogP contribution in [0.15, 0.2) is 42.5 Å². The molecule has 1 saturated heterocycles. The molecular weight excluding hydrogens is 423 g/mol. The van der Waals surface area contributed by atoms with Crippen molar-refractivity contribution in [2.75, 3.05) is 39.4 Å². The predicted octanol–water partition coefficient (Wildman–Crippen LogP) is 3.32. The van der Waals surface area contributed by atoms with Crippen LogP contribution in [0.3, 0.4) is 0 Å². The normalized spacial score (nSPS) is 19.4. The van der Waals surface area contributed by atoms with Crippen molar-refractivity contribution in [1.82, 2.24) is 9.80 Å². The Morgan fingerprint density at radius 1 is 0.848 bits per heavy atom. The predicted molar refractivity (Wildman–Crippen MR) is 121 cm³/mol. The molecule has 6 nitrogen and oxygen atoms in total. The first kappa shape index (κ1) is 21.7. The molecule has 0 unspecified atom stereocenters. The first-order valence-corrected chi connectivity index (χ1v) is 11.8. The Kier molecular flexibility index (Phi) is 5.96. The van der Waals surface area contributed by atoms with E-state index in [0.29, 0.717) is 45.1 Å². The van der Waals surface area contributed by atoms with Crippen LogP contribution in [0.2, 0.25) is 0 Å². The summed E-state index contributed by atoms with van der Waals surface area (Å²) in [6, 6.07) is 12.0. The molecule has 33 heavy (non-hydrogen) atoms. The van der Waals surface area contributed by atoms with Gasteiger partial charge in [0.15, 0.2) is 11.5 Å². The molecule has 2 heterocycles. The summed E-state index contributed by atoms with van der Waals surface area (Å²) >= 11 is 0. The number of nitrogens with zero attached hydrogens (tertiary/aromatic N) is 2. The van der Waals surface area contributed by atoms with Crippen LogP contribution in [0.4, 0.5) is 4.39 Å². The third-order valence-electron chi connectivity index (χ3n) is 7.15. The van der Waals surface area contributed by atoms with Crippen molar-refractivity contribution in [2.45, 2.75) is 37.5 Å². The standard InChI is InChI=1S/C26H29FN2O4/c27-21-6-3-19(4-7-21)17-24(30)28-11-13-29(14-12-28)25(31)26(9-1-2-10-26)20-5-8-22-23(18-20)33-16-15-32-22/h3-8,18H,1-2,9-17H2. The van der Waals surface area contributed by atoms with Gasteiger partial charge < -0.3 is 19.3 Å². The van der Waals surface area contributed by atoms with Gasteiger partial charge in [0.25, 0.3) is 0 Å². The van der Waals surface area contributed by atoms with Crippen molar-refractivity contribution in [3.05, 3.63) is 59.4 Å². The number of carbonyl (C=O) groups excluding carboxylic acids is 2. The Bertz CT molecular complexity index is 1030.